The van der Waals surface area contributed by atoms with Crippen LogP contribution < -0.4 is 9.47 Å². The number of aryl methyl sites for hydroxylation is 1. The van der Waals surface area contributed by atoms with E-state index in [1.165, 1.54) is 16.5 Å². The van der Waals surface area contributed by atoms with E-state index in [9.17, 15) is 15.0 Å². The third-order valence-corrected chi connectivity index (χ3v) is 7.01. The van der Waals surface area contributed by atoms with E-state index in [-0.39, 0.29) is 25.9 Å². The molecule has 0 spiro atoms. The number of para-hydroxylation sites is 1. The average molecular weight is 501 g/mol. The lowest BCUT2D eigenvalue weighted by Crippen LogP contribution is -2.42. The molecule has 1 unspecified atom stereocenters. The zero-order chi connectivity index (χ0) is 26.0. The topological polar surface area (TPSA) is 95.0 Å². The van der Waals surface area contributed by atoms with Crippen LogP contribution in [0.2, 0.25) is 0 Å². The maximum Gasteiger partial charge on any atom is 0.416 e. The fraction of sp³-hybridized carbons (Fsp3) is 0.300. The number of hydrogen-bond acceptors (Lipinski definition) is 5. The van der Waals surface area contributed by atoms with Gasteiger partial charge in [-0.1, -0.05) is 48.9 Å². The number of carbonyl (C=O) groups excluding carboxylic acids is 1. The summed E-state index contributed by atoms with van der Waals surface area (Å²) >= 11 is 0. The third-order valence-electron chi connectivity index (χ3n) is 7.01. The van der Waals surface area contributed by atoms with Crippen LogP contribution in [0.5, 0.6) is 11.5 Å². The number of hydrogen-bond donors (Lipinski definition) is 3. The van der Waals surface area contributed by atoms with E-state index in [2.05, 4.69) is 30.1 Å². The monoisotopic (exact) mass is 500 g/mol. The lowest BCUT2D eigenvalue weighted by Gasteiger charge is -2.35. The number of rotatable bonds is 7. The number of nitrogens with one attached hydrogen (secondary N) is 1. The largest absolute Gasteiger partial charge is 0.493 e. The predicted octanol–water partition coefficient (Wildman–Crippen LogP) is 4.99. The van der Waals surface area contributed by atoms with Gasteiger partial charge in [-0.2, -0.15) is 0 Å². The molecule has 1 atom stereocenters. The molecule has 4 aromatic rings. The third kappa shape index (κ3) is 5.05. The number of amides is 1. The van der Waals surface area contributed by atoms with Gasteiger partial charge in [-0.3, -0.25) is 4.90 Å². The van der Waals surface area contributed by atoms with Gasteiger partial charge < -0.3 is 24.7 Å². The normalized spacial score (nSPS) is 15.5. The Morgan fingerprint density at radius 2 is 1.76 bits per heavy atom. The van der Waals surface area contributed by atoms with Crippen molar-refractivity contribution >= 4 is 17.0 Å². The van der Waals surface area contributed by atoms with Crippen LogP contribution in [0.1, 0.15) is 35.3 Å². The number of carbonyl (C=O) groups is 1. The van der Waals surface area contributed by atoms with Gasteiger partial charge in [0.1, 0.15) is 17.5 Å². The van der Waals surface area contributed by atoms with Crippen molar-refractivity contribution in [3.05, 3.63) is 95.2 Å². The Labute approximate surface area is 216 Å². The van der Waals surface area contributed by atoms with E-state index in [4.69, 9.17) is 9.47 Å². The van der Waals surface area contributed by atoms with Crippen molar-refractivity contribution in [2.45, 2.75) is 26.3 Å². The highest BCUT2D eigenvalue weighted by molar-refractivity contribution is 5.87. The maximum atomic E-state index is 13.4. The van der Waals surface area contributed by atoms with Gasteiger partial charge in [-0.05, 0) is 60.9 Å². The number of ether oxygens (including phenoxy) is 2. The summed E-state index contributed by atoms with van der Waals surface area (Å²) in [5.41, 5.74) is 4.64. The van der Waals surface area contributed by atoms with Gasteiger partial charge in [0.2, 0.25) is 0 Å². The van der Waals surface area contributed by atoms with Gasteiger partial charge in [0, 0.05) is 28.6 Å². The number of aliphatic hydroxyl groups excluding tert-OH is 2. The Bertz CT molecular complexity index is 1380. The molecule has 1 aromatic heterocycles. The molecule has 1 aliphatic heterocycles. The van der Waals surface area contributed by atoms with Crippen LogP contribution in [0.25, 0.3) is 10.9 Å². The Balaban J connectivity index is 1.48. The summed E-state index contributed by atoms with van der Waals surface area (Å²) < 4.78 is 11.6. The molecule has 3 N–H and O–H groups in total. The van der Waals surface area contributed by atoms with Gasteiger partial charge in [-0.15, -0.1) is 0 Å². The first-order valence-corrected chi connectivity index (χ1v) is 12.5. The Morgan fingerprint density at radius 3 is 2.46 bits per heavy atom. The maximum absolute atomic E-state index is 13.4. The van der Waals surface area contributed by atoms with Crippen molar-refractivity contribution in [3.8, 4) is 11.5 Å². The van der Waals surface area contributed by atoms with Crippen molar-refractivity contribution in [1.82, 2.24) is 9.88 Å². The zero-order valence-electron chi connectivity index (χ0n) is 21.1. The fourth-order valence-corrected chi connectivity index (χ4v) is 4.74. The number of H-pyrrole nitrogens is 1. The van der Waals surface area contributed by atoms with Gasteiger partial charge in [0.05, 0.1) is 19.8 Å². The van der Waals surface area contributed by atoms with E-state index in [1.807, 2.05) is 42.5 Å². The number of benzene rings is 3. The molecule has 0 aliphatic carbocycles. The second-order valence-corrected chi connectivity index (χ2v) is 10.1. The van der Waals surface area contributed by atoms with Gasteiger partial charge >= 0.3 is 6.09 Å². The summed E-state index contributed by atoms with van der Waals surface area (Å²) in [6.07, 6.45) is 0.319. The van der Waals surface area contributed by atoms with Crippen molar-refractivity contribution in [2.24, 2.45) is 5.41 Å². The van der Waals surface area contributed by atoms with Gasteiger partial charge in [0.25, 0.3) is 0 Å². The second kappa shape index (κ2) is 10.3. The highest BCUT2D eigenvalue weighted by Gasteiger charge is 2.36. The first-order chi connectivity index (χ1) is 17.9. The minimum atomic E-state index is -0.725. The molecule has 37 heavy (non-hydrogen) atoms. The zero-order valence-corrected chi connectivity index (χ0v) is 21.1. The van der Waals surface area contributed by atoms with Crippen molar-refractivity contribution in [2.75, 3.05) is 26.4 Å². The Kier molecular flexibility index (Phi) is 6.91. The molecule has 5 rings (SSSR count). The van der Waals surface area contributed by atoms with Crippen LogP contribution in [0, 0.1) is 12.3 Å². The number of fused-ring (bicyclic) bond motifs is 3. The number of aromatic amines is 1. The SMILES string of the molecule is Cc1ccc2[nH]c3c(c2c1)CCN(C(=O)Oc1ccccc1)C3c1ccc(OCC(C)(CO)CO)cc1. The van der Waals surface area contributed by atoms with Crippen molar-refractivity contribution in [1.29, 1.82) is 0 Å². The van der Waals surface area contributed by atoms with Gasteiger partial charge in [0.15, 0.2) is 0 Å². The highest BCUT2D eigenvalue weighted by Crippen LogP contribution is 2.39. The highest BCUT2D eigenvalue weighted by atomic mass is 16.6. The molecule has 0 saturated heterocycles. The van der Waals surface area contributed by atoms with E-state index in [0.29, 0.717) is 18.0 Å². The molecule has 3 aromatic carbocycles. The molecule has 7 nitrogen and oxygen atoms in total. The van der Waals surface area contributed by atoms with Crippen LogP contribution in [-0.4, -0.2) is 52.6 Å². The molecule has 1 amide bonds. The van der Waals surface area contributed by atoms with Crippen LogP contribution >= 0.6 is 0 Å². The van der Waals surface area contributed by atoms with Crippen LogP contribution in [0.3, 0.4) is 0 Å². The fourth-order valence-electron chi connectivity index (χ4n) is 4.74. The molecule has 0 bridgehead atoms. The summed E-state index contributed by atoms with van der Waals surface area (Å²) in [5, 5.41) is 20.3. The first-order valence-electron chi connectivity index (χ1n) is 12.5. The summed E-state index contributed by atoms with van der Waals surface area (Å²) in [6.45, 7) is 4.20. The summed E-state index contributed by atoms with van der Waals surface area (Å²) in [7, 11) is 0. The summed E-state index contributed by atoms with van der Waals surface area (Å²) in [4.78, 5) is 18.7. The van der Waals surface area contributed by atoms with Crippen molar-refractivity contribution < 1.29 is 24.5 Å². The Hall–Kier alpha value is -3.81. The van der Waals surface area contributed by atoms with Crippen molar-refractivity contribution in [3.63, 3.8) is 0 Å². The molecule has 0 saturated carbocycles. The van der Waals surface area contributed by atoms with E-state index in [0.717, 1.165) is 23.2 Å². The van der Waals surface area contributed by atoms with E-state index >= 15 is 0 Å². The molecule has 2 heterocycles. The lowest BCUT2D eigenvalue weighted by atomic mass is 9.92. The Morgan fingerprint density at radius 1 is 1.03 bits per heavy atom. The van der Waals surface area contributed by atoms with Crippen LogP contribution in [0.15, 0.2) is 72.8 Å². The average Bonchev–Trinajstić information content (AvgIpc) is 3.30. The van der Waals surface area contributed by atoms with Gasteiger partial charge in [-0.25, -0.2) is 4.79 Å². The summed E-state index contributed by atoms with van der Waals surface area (Å²) in [6, 6.07) is 22.7. The number of nitrogens with zero attached hydrogens (tertiary/aromatic N) is 1. The molecule has 0 fully saturated rings. The number of aliphatic hydroxyl groups is 2. The molecule has 0 radical (unpaired) electrons. The van der Waals surface area contributed by atoms with E-state index < -0.39 is 11.5 Å². The predicted molar refractivity (Wildman–Crippen MR) is 142 cm³/mol. The number of aromatic nitrogens is 1. The minimum absolute atomic E-state index is 0.176. The van der Waals surface area contributed by atoms with Crippen LogP contribution in [-0.2, 0) is 6.42 Å². The molecule has 1 aliphatic rings. The summed E-state index contributed by atoms with van der Waals surface area (Å²) in [5.74, 6) is 1.13. The smallest absolute Gasteiger partial charge is 0.416 e. The second-order valence-electron chi connectivity index (χ2n) is 10.1. The first kappa shape index (κ1) is 24.9. The van der Waals surface area contributed by atoms with Crippen LogP contribution in [0.4, 0.5) is 4.79 Å². The lowest BCUT2D eigenvalue weighted by molar-refractivity contribution is 0.0287. The molecule has 192 valence electrons. The minimum Gasteiger partial charge on any atom is -0.493 e. The van der Waals surface area contributed by atoms with E-state index in [1.54, 1.807) is 24.0 Å². The molecule has 7 heteroatoms. The quantitative estimate of drug-likeness (QED) is 0.332. The standard InChI is InChI=1S/C30H32N2O5/c1-20-8-13-26-25(16-20)24-14-15-32(29(35)37-23-6-4-3-5-7-23)28(27(24)31-26)21-9-11-22(12-10-21)36-19-30(2,17-33)18-34/h3-13,16,28,31,33-34H,14-15,17-19H2,1-2H3. The molecular weight excluding hydrogens is 468 g/mol. The molecular formula is C30H32N2O5.